The first-order valence-corrected chi connectivity index (χ1v) is 7.95. The Morgan fingerprint density at radius 2 is 1.81 bits per heavy atom. The summed E-state index contributed by atoms with van der Waals surface area (Å²) in [5.41, 5.74) is 0.973. The molecule has 0 aromatic heterocycles. The first-order chi connectivity index (χ1) is 9.72. The third kappa shape index (κ3) is 4.11. The smallest absolute Gasteiger partial charge is 0.286 e. The second-order valence-electron chi connectivity index (χ2n) is 4.91. The second-order valence-corrected chi connectivity index (χ2v) is 6.35. The number of hydrogen-bond donors (Lipinski definition) is 0. The molecule has 6 heteroatoms. The molecule has 1 amide bonds. The molecule has 1 fully saturated rings. The number of amides is 1. The predicted molar refractivity (Wildman–Crippen MR) is 95.2 cm³/mol. The van der Waals surface area contributed by atoms with Gasteiger partial charge in [-0.3, -0.25) is 4.79 Å². The zero-order chi connectivity index (χ0) is 13.9. The summed E-state index contributed by atoms with van der Waals surface area (Å²) in [6, 6.07) is 7.46. The minimum absolute atomic E-state index is 0. The van der Waals surface area contributed by atoms with Gasteiger partial charge in [-0.05, 0) is 54.8 Å². The van der Waals surface area contributed by atoms with Gasteiger partial charge in [-0.25, -0.2) is 0 Å². The summed E-state index contributed by atoms with van der Waals surface area (Å²) in [5.74, 6) is -0.134. The normalized spacial score (nSPS) is 20.4. The van der Waals surface area contributed by atoms with Crippen molar-refractivity contribution in [3.63, 3.8) is 0 Å². The van der Waals surface area contributed by atoms with Crippen LogP contribution in [0.4, 0.5) is 0 Å². The van der Waals surface area contributed by atoms with E-state index in [1.807, 2.05) is 30.3 Å². The number of piperidine rings is 1. The number of benzene rings is 1. The molecule has 0 spiro atoms. The first-order valence-electron chi connectivity index (χ1n) is 6.75. The Labute approximate surface area is 144 Å². The van der Waals surface area contributed by atoms with E-state index in [0.717, 1.165) is 23.8 Å². The maximum absolute atomic E-state index is 12.0. The van der Waals surface area contributed by atoms with E-state index >= 15 is 0 Å². The number of thioether (sulfide) groups is 1. The number of amidine groups is 1. The summed E-state index contributed by atoms with van der Waals surface area (Å²) in [4.78, 5) is 19.1. The third-order valence-corrected chi connectivity index (χ3v) is 4.70. The number of rotatable bonds is 1. The Hall–Kier alpha value is -0.780. The molecule has 2 aliphatic heterocycles. The highest BCUT2D eigenvalue weighted by Crippen LogP contribution is 2.31. The number of hydrogen-bond acceptors (Lipinski definition) is 3. The number of nitrogens with zero attached hydrogens (tertiary/aromatic N) is 2. The third-order valence-electron chi connectivity index (χ3n) is 3.40. The predicted octanol–water partition coefficient (Wildman–Crippen LogP) is 4.37. The van der Waals surface area contributed by atoms with Crippen LogP contribution in [0, 0.1) is 0 Å². The maximum Gasteiger partial charge on any atom is 0.286 e. The van der Waals surface area contributed by atoms with Crippen LogP contribution in [0.25, 0.3) is 6.08 Å². The molecule has 3 rings (SSSR count). The van der Waals surface area contributed by atoms with Gasteiger partial charge >= 0.3 is 0 Å². The molecule has 112 valence electrons. The van der Waals surface area contributed by atoms with Crippen molar-refractivity contribution >= 4 is 57.5 Å². The van der Waals surface area contributed by atoms with Crippen molar-refractivity contribution in [3.8, 4) is 0 Å². The van der Waals surface area contributed by atoms with Gasteiger partial charge in [-0.1, -0.05) is 23.7 Å². The molecule has 21 heavy (non-hydrogen) atoms. The number of carbonyl (C=O) groups is 1. The zero-order valence-corrected chi connectivity index (χ0v) is 14.7. The zero-order valence-electron chi connectivity index (χ0n) is 11.4. The summed E-state index contributed by atoms with van der Waals surface area (Å²) in [7, 11) is 0. The largest absolute Gasteiger partial charge is 0.351 e. The summed E-state index contributed by atoms with van der Waals surface area (Å²) in [5, 5.41) is 1.55. The number of carbonyl (C=O) groups excluding carboxylic acids is 1. The van der Waals surface area contributed by atoms with Crippen LogP contribution < -0.4 is 0 Å². The fourth-order valence-corrected chi connectivity index (χ4v) is 3.42. The summed E-state index contributed by atoms with van der Waals surface area (Å²) >= 11 is 7.34. The summed E-state index contributed by atoms with van der Waals surface area (Å²) in [6.07, 6.45) is 5.52. The molecule has 1 aromatic rings. The molecule has 1 saturated heterocycles. The van der Waals surface area contributed by atoms with E-state index < -0.39 is 0 Å². The molecule has 0 N–H and O–H groups in total. The summed E-state index contributed by atoms with van der Waals surface area (Å²) in [6.45, 7) is 2.01. The lowest BCUT2D eigenvalue weighted by Gasteiger charge is -2.27. The van der Waals surface area contributed by atoms with Gasteiger partial charge in [0.05, 0.1) is 4.91 Å². The van der Waals surface area contributed by atoms with Crippen LogP contribution >= 0.6 is 40.3 Å². The van der Waals surface area contributed by atoms with E-state index in [4.69, 9.17) is 11.6 Å². The minimum Gasteiger partial charge on any atom is -0.351 e. The van der Waals surface area contributed by atoms with Crippen molar-refractivity contribution in [2.24, 2.45) is 4.99 Å². The average Bonchev–Trinajstić information content (AvgIpc) is 2.84. The lowest BCUT2D eigenvalue weighted by molar-refractivity contribution is -0.113. The molecule has 0 atom stereocenters. The first kappa shape index (κ1) is 16.6. The Morgan fingerprint density at radius 1 is 1.14 bits per heavy atom. The standard InChI is InChI=1S/C15H15ClN2OS.BrH/c16-12-6-4-11(5-7-12)10-13-14(19)17-15(20-13)18-8-2-1-3-9-18;/h4-7,10H,1-3,8-9H2;1H/b13-10-;. The molecular formula is C15H16BrClN2OS. The van der Waals surface area contributed by atoms with Crippen molar-refractivity contribution in [3.05, 3.63) is 39.8 Å². The topological polar surface area (TPSA) is 32.7 Å². The van der Waals surface area contributed by atoms with Gasteiger partial charge in [0, 0.05) is 18.1 Å². The van der Waals surface area contributed by atoms with Gasteiger partial charge in [0.15, 0.2) is 5.17 Å². The Morgan fingerprint density at radius 3 is 2.48 bits per heavy atom. The van der Waals surface area contributed by atoms with Crippen LogP contribution in [0.15, 0.2) is 34.2 Å². The monoisotopic (exact) mass is 386 g/mol. The molecule has 1 aromatic carbocycles. The van der Waals surface area contributed by atoms with E-state index in [1.54, 1.807) is 0 Å². The van der Waals surface area contributed by atoms with Gasteiger partial charge in [0.1, 0.15) is 0 Å². The highest BCUT2D eigenvalue weighted by atomic mass is 79.9. The van der Waals surface area contributed by atoms with Crippen LogP contribution in [0.5, 0.6) is 0 Å². The molecule has 0 bridgehead atoms. The van der Waals surface area contributed by atoms with Crippen molar-refractivity contribution in [1.29, 1.82) is 0 Å². The van der Waals surface area contributed by atoms with Gasteiger partial charge in [-0.15, -0.1) is 17.0 Å². The Balaban J connectivity index is 0.00000161. The molecular weight excluding hydrogens is 372 g/mol. The number of aliphatic imine (C=N–C) groups is 1. The molecule has 0 saturated carbocycles. The minimum atomic E-state index is -0.134. The number of halogens is 2. The van der Waals surface area contributed by atoms with E-state index in [0.29, 0.717) is 9.93 Å². The SMILES string of the molecule is Br.O=C1N=C(N2CCCCC2)S/C1=C\c1ccc(Cl)cc1. The second kappa shape index (κ2) is 7.47. The van der Waals surface area contributed by atoms with Crippen LogP contribution in [0.1, 0.15) is 24.8 Å². The number of likely N-dealkylation sites (tertiary alicyclic amines) is 1. The van der Waals surface area contributed by atoms with Gasteiger partial charge in [0.2, 0.25) is 0 Å². The molecule has 0 unspecified atom stereocenters. The molecule has 0 aliphatic carbocycles. The van der Waals surface area contributed by atoms with Gasteiger partial charge < -0.3 is 4.90 Å². The molecule has 0 radical (unpaired) electrons. The highest BCUT2D eigenvalue weighted by molar-refractivity contribution is 8.93. The van der Waals surface area contributed by atoms with E-state index in [1.165, 1.54) is 31.0 Å². The van der Waals surface area contributed by atoms with Crippen molar-refractivity contribution < 1.29 is 4.79 Å². The summed E-state index contributed by atoms with van der Waals surface area (Å²) < 4.78 is 0. The van der Waals surface area contributed by atoms with Crippen LogP contribution in [-0.2, 0) is 4.79 Å². The lowest BCUT2D eigenvalue weighted by Crippen LogP contribution is -2.33. The quantitative estimate of drug-likeness (QED) is 0.671. The Bertz CT molecular complexity index is 580. The van der Waals surface area contributed by atoms with E-state index in [9.17, 15) is 4.79 Å². The fourth-order valence-electron chi connectivity index (χ4n) is 2.33. The molecule has 3 nitrogen and oxygen atoms in total. The van der Waals surface area contributed by atoms with Crippen molar-refractivity contribution in [2.45, 2.75) is 19.3 Å². The van der Waals surface area contributed by atoms with Crippen LogP contribution in [0.3, 0.4) is 0 Å². The van der Waals surface area contributed by atoms with E-state index in [-0.39, 0.29) is 22.9 Å². The fraction of sp³-hybridized carbons (Fsp3) is 0.333. The van der Waals surface area contributed by atoms with E-state index in [2.05, 4.69) is 9.89 Å². The van der Waals surface area contributed by atoms with Gasteiger partial charge in [0.25, 0.3) is 5.91 Å². The van der Waals surface area contributed by atoms with Gasteiger partial charge in [-0.2, -0.15) is 4.99 Å². The maximum atomic E-state index is 12.0. The van der Waals surface area contributed by atoms with Crippen LogP contribution in [-0.4, -0.2) is 29.1 Å². The Kier molecular flexibility index (Phi) is 5.90. The average molecular weight is 388 g/mol. The highest BCUT2D eigenvalue weighted by Gasteiger charge is 2.26. The molecule has 2 heterocycles. The van der Waals surface area contributed by atoms with Crippen molar-refractivity contribution in [2.75, 3.05) is 13.1 Å². The molecule has 2 aliphatic rings. The van der Waals surface area contributed by atoms with Crippen molar-refractivity contribution in [1.82, 2.24) is 4.90 Å². The lowest BCUT2D eigenvalue weighted by atomic mass is 10.1. The van der Waals surface area contributed by atoms with Crippen LogP contribution in [0.2, 0.25) is 5.02 Å².